The first-order valence-electron chi connectivity index (χ1n) is 6.96. The van der Waals surface area contributed by atoms with E-state index in [9.17, 15) is 0 Å². The zero-order valence-electron chi connectivity index (χ0n) is 11.9. The quantitative estimate of drug-likeness (QED) is 0.750. The molecule has 0 spiro atoms. The summed E-state index contributed by atoms with van der Waals surface area (Å²) in [7, 11) is 0. The SMILES string of the molecule is CCNC(c1cccc(OCC)c1)c1ccccc1I. The van der Waals surface area contributed by atoms with Crippen LogP contribution in [0.25, 0.3) is 0 Å². The van der Waals surface area contributed by atoms with Gasteiger partial charge in [0.15, 0.2) is 0 Å². The van der Waals surface area contributed by atoms with Gasteiger partial charge < -0.3 is 10.1 Å². The maximum atomic E-state index is 5.61. The number of benzene rings is 2. The Morgan fingerprint density at radius 3 is 2.60 bits per heavy atom. The minimum absolute atomic E-state index is 0.202. The molecule has 2 nitrogen and oxygen atoms in total. The summed E-state index contributed by atoms with van der Waals surface area (Å²) in [5.74, 6) is 0.929. The lowest BCUT2D eigenvalue weighted by atomic mass is 9.98. The summed E-state index contributed by atoms with van der Waals surface area (Å²) >= 11 is 2.40. The van der Waals surface area contributed by atoms with Crippen LogP contribution in [0.5, 0.6) is 5.75 Å². The third kappa shape index (κ3) is 3.73. The molecular formula is C17H20INO. The minimum atomic E-state index is 0.202. The highest BCUT2D eigenvalue weighted by Gasteiger charge is 2.15. The van der Waals surface area contributed by atoms with Crippen molar-refractivity contribution < 1.29 is 4.74 Å². The van der Waals surface area contributed by atoms with Crippen molar-refractivity contribution in [3.8, 4) is 5.75 Å². The zero-order chi connectivity index (χ0) is 14.4. The van der Waals surface area contributed by atoms with E-state index in [2.05, 4.69) is 77.3 Å². The van der Waals surface area contributed by atoms with E-state index in [1.165, 1.54) is 14.7 Å². The van der Waals surface area contributed by atoms with Gasteiger partial charge >= 0.3 is 0 Å². The average Bonchev–Trinajstić information content (AvgIpc) is 2.46. The summed E-state index contributed by atoms with van der Waals surface area (Å²) in [6, 6.07) is 17.0. The molecular weight excluding hydrogens is 361 g/mol. The lowest BCUT2D eigenvalue weighted by molar-refractivity contribution is 0.339. The molecule has 106 valence electrons. The molecule has 20 heavy (non-hydrogen) atoms. The molecule has 0 saturated carbocycles. The van der Waals surface area contributed by atoms with Crippen molar-refractivity contribution in [2.24, 2.45) is 0 Å². The summed E-state index contributed by atoms with van der Waals surface area (Å²) in [5.41, 5.74) is 2.55. The number of rotatable bonds is 6. The molecule has 0 amide bonds. The van der Waals surface area contributed by atoms with Crippen LogP contribution in [0.4, 0.5) is 0 Å². The van der Waals surface area contributed by atoms with Gasteiger partial charge in [0.05, 0.1) is 12.6 Å². The van der Waals surface area contributed by atoms with Gasteiger partial charge in [0.25, 0.3) is 0 Å². The molecule has 1 unspecified atom stereocenters. The molecule has 0 fully saturated rings. The van der Waals surface area contributed by atoms with E-state index in [0.29, 0.717) is 6.61 Å². The summed E-state index contributed by atoms with van der Waals surface area (Å²) in [6.45, 7) is 5.76. The van der Waals surface area contributed by atoms with Crippen molar-refractivity contribution in [1.29, 1.82) is 0 Å². The van der Waals surface area contributed by atoms with Crippen LogP contribution in [0.1, 0.15) is 31.0 Å². The second-order valence-corrected chi connectivity index (χ2v) is 5.68. The van der Waals surface area contributed by atoms with Gasteiger partial charge in [0, 0.05) is 3.57 Å². The lowest BCUT2D eigenvalue weighted by Crippen LogP contribution is -2.22. The van der Waals surface area contributed by atoms with Crippen molar-refractivity contribution in [2.45, 2.75) is 19.9 Å². The van der Waals surface area contributed by atoms with Gasteiger partial charge in [-0.1, -0.05) is 37.3 Å². The molecule has 0 aliphatic rings. The Balaban J connectivity index is 2.38. The summed E-state index contributed by atoms with van der Waals surface area (Å²) in [5, 5.41) is 3.56. The largest absolute Gasteiger partial charge is 0.494 e. The Morgan fingerprint density at radius 1 is 1.10 bits per heavy atom. The second kappa shape index (κ2) is 7.64. The molecule has 0 aliphatic heterocycles. The molecule has 0 aromatic heterocycles. The van der Waals surface area contributed by atoms with Crippen LogP contribution >= 0.6 is 22.6 Å². The highest BCUT2D eigenvalue weighted by molar-refractivity contribution is 14.1. The predicted octanol–water partition coefficient (Wildman–Crippen LogP) is 4.39. The fraction of sp³-hybridized carbons (Fsp3) is 0.294. The predicted molar refractivity (Wildman–Crippen MR) is 92.3 cm³/mol. The van der Waals surface area contributed by atoms with Crippen molar-refractivity contribution in [3.05, 3.63) is 63.2 Å². The van der Waals surface area contributed by atoms with Crippen LogP contribution in [0.2, 0.25) is 0 Å². The Hall–Kier alpha value is -1.07. The van der Waals surface area contributed by atoms with Crippen LogP contribution in [0, 0.1) is 3.57 Å². The van der Waals surface area contributed by atoms with Crippen molar-refractivity contribution in [2.75, 3.05) is 13.2 Å². The molecule has 3 heteroatoms. The van der Waals surface area contributed by atoms with Gasteiger partial charge in [0.2, 0.25) is 0 Å². The number of ether oxygens (including phenoxy) is 1. The smallest absolute Gasteiger partial charge is 0.119 e. The summed E-state index contributed by atoms with van der Waals surface area (Å²) in [4.78, 5) is 0. The molecule has 0 saturated heterocycles. The van der Waals surface area contributed by atoms with E-state index in [1.54, 1.807) is 0 Å². The Kier molecular flexibility index (Phi) is 5.86. The average molecular weight is 381 g/mol. The lowest BCUT2D eigenvalue weighted by Gasteiger charge is -2.21. The van der Waals surface area contributed by atoms with E-state index in [-0.39, 0.29) is 6.04 Å². The van der Waals surface area contributed by atoms with E-state index in [1.807, 2.05) is 13.0 Å². The van der Waals surface area contributed by atoms with Crippen molar-refractivity contribution in [3.63, 3.8) is 0 Å². The normalized spacial score (nSPS) is 12.2. The van der Waals surface area contributed by atoms with E-state index >= 15 is 0 Å². The highest BCUT2D eigenvalue weighted by atomic mass is 127. The highest BCUT2D eigenvalue weighted by Crippen LogP contribution is 2.28. The third-order valence-electron chi connectivity index (χ3n) is 3.13. The van der Waals surface area contributed by atoms with E-state index in [4.69, 9.17) is 4.74 Å². The Morgan fingerprint density at radius 2 is 1.90 bits per heavy atom. The number of hydrogen-bond acceptors (Lipinski definition) is 2. The Labute approximate surface area is 134 Å². The molecule has 1 N–H and O–H groups in total. The fourth-order valence-electron chi connectivity index (χ4n) is 2.27. The first-order chi connectivity index (χ1) is 9.76. The number of nitrogens with one attached hydrogen (secondary N) is 1. The molecule has 0 aliphatic carbocycles. The number of hydrogen-bond donors (Lipinski definition) is 1. The van der Waals surface area contributed by atoms with Gasteiger partial charge in [0.1, 0.15) is 5.75 Å². The van der Waals surface area contributed by atoms with Crippen LogP contribution in [-0.2, 0) is 0 Å². The summed E-state index contributed by atoms with van der Waals surface area (Å²) in [6.07, 6.45) is 0. The first kappa shape index (κ1) is 15.3. The van der Waals surface area contributed by atoms with Crippen LogP contribution in [0.15, 0.2) is 48.5 Å². The van der Waals surface area contributed by atoms with Gasteiger partial charge in [-0.2, -0.15) is 0 Å². The standard InChI is InChI=1S/C17H20INO/c1-3-19-17(15-10-5-6-11-16(15)18)13-8-7-9-14(12-13)20-4-2/h5-12,17,19H,3-4H2,1-2H3. The van der Waals surface area contributed by atoms with Gasteiger partial charge in [-0.25, -0.2) is 0 Å². The van der Waals surface area contributed by atoms with Crippen LogP contribution in [0.3, 0.4) is 0 Å². The molecule has 0 bridgehead atoms. The minimum Gasteiger partial charge on any atom is -0.494 e. The fourth-order valence-corrected chi connectivity index (χ4v) is 2.97. The van der Waals surface area contributed by atoms with Crippen molar-refractivity contribution in [1.82, 2.24) is 5.32 Å². The second-order valence-electron chi connectivity index (χ2n) is 4.52. The topological polar surface area (TPSA) is 21.3 Å². The number of halogens is 1. The maximum absolute atomic E-state index is 5.61. The molecule has 0 radical (unpaired) electrons. The summed E-state index contributed by atoms with van der Waals surface area (Å²) < 4.78 is 6.89. The third-order valence-corrected chi connectivity index (χ3v) is 4.11. The molecule has 2 rings (SSSR count). The van der Waals surface area contributed by atoms with Gasteiger partial charge in [-0.3, -0.25) is 0 Å². The maximum Gasteiger partial charge on any atom is 0.119 e. The molecule has 2 aromatic rings. The van der Waals surface area contributed by atoms with Crippen molar-refractivity contribution >= 4 is 22.6 Å². The molecule has 1 atom stereocenters. The monoisotopic (exact) mass is 381 g/mol. The van der Waals surface area contributed by atoms with Gasteiger partial charge in [-0.05, 0) is 65.4 Å². The molecule has 0 heterocycles. The van der Waals surface area contributed by atoms with E-state index < -0.39 is 0 Å². The Bertz CT molecular complexity index is 556. The van der Waals surface area contributed by atoms with Gasteiger partial charge in [-0.15, -0.1) is 0 Å². The molecule has 2 aromatic carbocycles. The van der Waals surface area contributed by atoms with Crippen LogP contribution < -0.4 is 10.1 Å². The van der Waals surface area contributed by atoms with E-state index in [0.717, 1.165) is 12.3 Å². The van der Waals surface area contributed by atoms with Crippen LogP contribution in [-0.4, -0.2) is 13.2 Å². The zero-order valence-corrected chi connectivity index (χ0v) is 14.1. The first-order valence-corrected chi connectivity index (χ1v) is 8.04.